The highest BCUT2D eigenvalue weighted by atomic mass is 32.2. The summed E-state index contributed by atoms with van der Waals surface area (Å²) in [4.78, 5) is 14.4. The van der Waals surface area contributed by atoms with Crippen molar-refractivity contribution in [3.63, 3.8) is 0 Å². The number of rotatable bonds is 4. The lowest BCUT2D eigenvalue weighted by molar-refractivity contribution is 0.0983. The first-order valence-corrected chi connectivity index (χ1v) is 9.25. The molecule has 1 heterocycles. The molecule has 0 N–H and O–H groups in total. The van der Waals surface area contributed by atoms with E-state index >= 15 is 0 Å². The minimum Gasteiger partial charge on any atom is -0.497 e. The molecule has 25 heavy (non-hydrogen) atoms. The number of ether oxygens (including phenoxy) is 1. The first kappa shape index (κ1) is 17.2. The van der Waals surface area contributed by atoms with Crippen LogP contribution in [-0.2, 0) is 9.84 Å². The summed E-state index contributed by atoms with van der Waals surface area (Å²) < 4.78 is 41.9. The first-order chi connectivity index (χ1) is 11.9. The van der Waals surface area contributed by atoms with Crippen LogP contribution in [0.1, 0.15) is 10.4 Å². The molecule has 7 heteroatoms. The van der Waals surface area contributed by atoms with Crippen LogP contribution in [0.25, 0.3) is 0 Å². The first-order valence-electron chi connectivity index (χ1n) is 7.54. The Morgan fingerprint density at radius 2 is 1.76 bits per heavy atom. The zero-order valence-corrected chi connectivity index (χ0v) is 14.2. The molecule has 0 saturated carbocycles. The maximum absolute atomic E-state index is 13.2. The van der Waals surface area contributed by atoms with E-state index in [0.717, 1.165) is 5.41 Å². The van der Waals surface area contributed by atoms with Crippen LogP contribution in [0.5, 0.6) is 5.75 Å². The van der Waals surface area contributed by atoms with Crippen LogP contribution < -0.4 is 9.64 Å². The molecule has 3 rings (SSSR count). The summed E-state index contributed by atoms with van der Waals surface area (Å²) in [5, 5.41) is 1.11. The molecule has 1 aliphatic rings. The lowest BCUT2D eigenvalue weighted by Gasteiger charge is -2.28. The molecule has 0 radical (unpaired) electrons. The summed E-state index contributed by atoms with van der Waals surface area (Å²) in [7, 11) is -1.83. The summed E-state index contributed by atoms with van der Waals surface area (Å²) >= 11 is 0. The number of hydrogen-bond donors (Lipinski definition) is 0. The number of carbonyl (C=O) groups excluding carboxylic acids is 1. The highest BCUT2D eigenvalue weighted by molar-refractivity contribution is 7.94. The van der Waals surface area contributed by atoms with E-state index < -0.39 is 21.7 Å². The van der Waals surface area contributed by atoms with Gasteiger partial charge in [0.2, 0.25) is 0 Å². The van der Waals surface area contributed by atoms with Gasteiger partial charge in [0, 0.05) is 16.7 Å². The van der Waals surface area contributed by atoms with E-state index in [9.17, 15) is 17.6 Å². The van der Waals surface area contributed by atoms with Gasteiger partial charge in [-0.1, -0.05) is 0 Å². The quantitative estimate of drug-likeness (QED) is 0.840. The minimum atomic E-state index is -3.35. The number of benzene rings is 2. The predicted molar refractivity (Wildman–Crippen MR) is 92.9 cm³/mol. The third-order valence-electron chi connectivity index (χ3n) is 3.90. The molecule has 0 unspecified atom stereocenters. The van der Waals surface area contributed by atoms with Gasteiger partial charge in [-0.15, -0.1) is 0 Å². The van der Waals surface area contributed by atoms with E-state index in [1.165, 1.54) is 42.4 Å². The van der Waals surface area contributed by atoms with Gasteiger partial charge in [0.15, 0.2) is 9.84 Å². The average Bonchev–Trinajstić information content (AvgIpc) is 2.96. The molecule has 0 saturated heterocycles. The fourth-order valence-electron chi connectivity index (χ4n) is 2.65. The van der Waals surface area contributed by atoms with Gasteiger partial charge in [0.05, 0.1) is 18.9 Å². The van der Waals surface area contributed by atoms with Gasteiger partial charge >= 0.3 is 0 Å². The van der Waals surface area contributed by atoms with Gasteiger partial charge in [-0.2, -0.15) is 0 Å². The minimum absolute atomic E-state index is 0.202. The van der Waals surface area contributed by atoms with E-state index in [-0.39, 0.29) is 11.7 Å². The zero-order chi connectivity index (χ0) is 18.0. The average molecular weight is 361 g/mol. The molecule has 0 aliphatic carbocycles. The molecule has 5 nitrogen and oxygen atoms in total. The van der Waals surface area contributed by atoms with Crippen LogP contribution in [0.4, 0.5) is 10.1 Å². The van der Waals surface area contributed by atoms with Crippen molar-refractivity contribution in [3.8, 4) is 5.75 Å². The van der Waals surface area contributed by atoms with Gasteiger partial charge < -0.3 is 9.64 Å². The number of carbonyl (C=O) groups is 1. The largest absolute Gasteiger partial charge is 0.497 e. The molecule has 0 aromatic heterocycles. The maximum atomic E-state index is 13.2. The van der Waals surface area contributed by atoms with Crippen LogP contribution in [0.15, 0.2) is 60.0 Å². The van der Waals surface area contributed by atoms with E-state index in [4.69, 9.17) is 4.74 Å². The van der Waals surface area contributed by atoms with Gasteiger partial charge in [-0.25, -0.2) is 12.8 Å². The van der Waals surface area contributed by atoms with Crippen molar-refractivity contribution < 1.29 is 22.3 Å². The van der Waals surface area contributed by atoms with Gasteiger partial charge in [-0.3, -0.25) is 4.79 Å². The van der Waals surface area contributed by atoms with Gasteiger partial charge in [0.25, 0.3) is 5.91 Å². The van der Waals surface area contributed by atoms with Crippen molar-refractivity contribution in [2.75, 3.05) is 17.8 Å². The smallest absolute Gasteiger partial charge is 0.258 e. The Morgan fingerprint density at radius 1 is 1.12 bits per heavy atom. The van der Waals surface area contributed by atoms with Crippen LogP contribution in [0, 0.1) is 5.82 Å². The van der Waals surface area contributed by atoms with Crippen LogP contribution in [0.2, 0.25) is 0 Å². The topological polar surface area (TPSA) is 63.7 Å². The van der Waals surface area contributed by atoms with Crippen molar-refractivity contribution in [1.29, 1.82) is 0 Å². The summed E-state index contributed by atoms with van der Waals surface area (Å²) in [6, 6.07) is 11.2. The second-order valence-electron chi connectivity index (χ2n) is 5.61. The predicted octanol–water partition coefficient (Wildman–Crippen LogP) is 2.79. The van der Waals surface area contributed by atoms with Crippen LogP contribution in [0.3, 0.4) is 0 Å². The van der Waals surface area contributed by atoms with Crippen LogP contribution >= 0.6 is 0 Å². The standard InChI is InChI=1S/C18H16FNO4S/c1-24-17-8-2-13(3-9-17)18(21)20(15-6-4-14(19)5-7-15)16-10-11-25(22,23)12-16/h2-11,16H,12H2,1H3/t16-/m1/s1. The van der Waals surface area contributed by atoms with E-state index in [0.29, 0.717) is 17.0 Å². The lowest BCUT2D eigenvalue weighted by Crippen LogP contribution is -2.41. The molecular weight excluding hydrogens is 345 g/mol. The molecule has 1 aliphatic heterocycles. The molecule has 0 spiro atoms. The summed E-state index contributed by atoms with van der Waals surface area (Å²) in [5.41, 5.74) is 0.803. The molecule has 130 valence electrons. The Labute approximate surface area is 145 Å². The van der Waals surface area contributed by atoms with Crippen molar-refractivity contribution in [3.05, 3.63) is 71.4 Å². The maximum Gasteiger partial charge on any atom is 0.258 e. The van der Waals surface area contributed by atoms with Crippen molar-refractivity contribution in [1.82, 2.24) is 0 Å². The third-order valence-corrected chi connectivity index (χ3v) is 5.28. The Balaban J connectivity index is 1.99. The molecule has 2 aromatic rings. The third kappa shape index (κ3) is 3.71. The lowest BCUT2D eigenvalue weighted by atomic mass is 10.1. The van der Waals surface area contributed by atoms with Gasteiger partial charge in [0.1, 0.15) is 11.6 Å². The number of nitrogens with zero attached hydrogens (tertiary/aromatic N) is 1. The van der Waals surface area contributed by atoms with Crippen molar-refractivity contribution in [2.45, 2.75) is 6.04 Å². The monoisotopic (exact) mass is 361 g/mol. The van der Waals surface area contributed by atoms with Crippen molar-refractivity contribution in [2.24, 2.45) is 0 Å². The summed E-state index contributed by atoms with van der Waals surface area (Å²) in [5.74, 6) is -0.406. The summed E-state index contributed by atoms with van der Waals surface area (Å²) in [6.07, 6.45) is 1.47. The van der Waals surface area contributed by atoms with E-state index in [2.05, 4.69) is 0 Å². The highest BCUT2D eigenvalue weighted by Crippen LogP contribution is 2.26. The highest BCUT2D eigenvalue weighted by Gasteiger charge is 2.32. The Kier molecular flexibility index (Phi) is 4.59. The Morgan fingerprint density at radius 3 is 2.28 bits per heavy atom. The number of hydrogen-bond acceptors (Lipinski definition) is 4. The number of anilines is 1. The second-order valence-corrected chi connectivity index (χ2v) is 7.54. The molecule has 1 amide bonds. The van der Waals surface area contributed by atoms with Crippen LogP contribution in [-0.4, -0.2) is 33.2 Å². The Hall–Kier alpha value is -2.67. The number of methoxy groups -OCH3 is 1. The zero-order valence-electron chi connectivity index (χ0n) is 13.4. The fraction of sp³-hybridized carbons (Fsp3) is 0.167. The van der Waals surface area contributed by atoms with Crippen molar-refractivity contribution >= 4 is 21.4 Å². The van der Waals surface area contributed by atoms with E-state index in [1.807, 2.05) is 0 Å². The van der Waals surface area contributed by atoms with Gasteiger partial charge in [-0.05, 0) is 54.6 Å². The molecule has 1 atom stereocenters. The number of sulfone groups is 1. The normalized spacial score (nSPS) is 18.1. The SMILES string of the molecule is COc1ccc(C(=O)N(c2ccc(F)cc2)[C@@H]2C=CS(=O)(=O)C2)cc1. The van der Waals surface area contributed by atoms with E-state index in [1.54, 1.807) is 24.3 Å². The molecular formula is C18H16FNO4S. The molecule has 2 aromatic carbocycles. The number of halogens is 1. The summed E-state index contributed by atoms with van der Waals surface area (Å²) in [6.45, 7) is 0. The molecule has 0 bridgehead atoms. The fourth-order valence-corrected chi connectivity index (χ4v) is 3.92. The Bertz CT molecular complexity index is 905. The number of amides is 1. The molecule has 0 fully saturated rings. The second kappa shape index (κ2) is 6.68.